The Balaban J connectivity index is 1.81. The van der Waals surface area contributed by atoms with Crippen molar-refractivity contribution in [2.45, 2.75) is 13.1 Å². The van der Waals surface area contributed by atoms with Gasteiger partial charge in [0.1, 0.15) is 0 Å². The highest BCUT2D eigenvalue weighted by atomic mass is 32.1. The summed E-state index contributed by atoms with van der Waals surface area (Å²) in [5, 5.41) is 4.86. The molecule has 0 aliphatic carbocycles. The molecule has 0 atom stereocenters. The number of hydrogen-bond donors (Lipinski definition) is 0. The summed E-state index contributed by atoms with van der Waals surface area (Å²) in [5.41, 5.74) is 1.42. The van der Waals surface area contributed by atoms with Crippen LogP contribution in [0.4, 0.5) is 0 Å². The molecule has 3 rings (SSSR count). The average Bonchev–Trinajstić information content (AvgIpc) is 3.06. The van der Waals surface area contributed by atoms with Crippen LogP contribution in [-0.2, 0) is 13.1 Å². The minimum atomic E-state index is 0.993. The van der Waals surface area contributed by atoms with Gasteiger partial charge < -0.3 is 4.90 Å². The highest BCUT2D eigenvalue weighted by Crippen LogP contribution is 2.21. The minimum absolute atomic E-state index is 0.993. The third kappa shape index (κ3) is 4.41. The lowest BCUT2D eigenvalue weighted by atomic mass is 10.0. The van der Waals surface area contributed by atoms with Crippen LogP contribution in [0.3, 0.4) is 0 Å². The molecule has 0 bridgehead atoms. The molecule has 0 spiro atoms. The molecular weight excluding hydrogens is 300 g/mol. The van der Waals surface area contributed by atoms with Gasteiger partial charge in [0.25, 0.3) is 0 Å². The summed E-state index contributed by atoms with van der Waals surface area (Å²) in [7, 11) is 4.28. The minimum Gasteiger partial charge on any atom is -0.308 e. The zero-order valence-corrected chi connectivity index (χ0v) is 14.7. The van der Waals surface area contributed by atoms with Crippen molar-refractivity contribution in [1.82, 2.24) is 9.80 Å². The van der Waals surface area contributed by atoms with Crippen molar-refractivity contribution >= 4 is 22.1 Å². The quantitative estimate of drug-likeness (QED) is 0.633. The van der Waals surface area contributed by atoms with Crippen LogP contribution in [0.2, 0.25) is 0 Å². The van der Waals surface area contributed by atoms with E-state index in [2.05, 4.69) is 83.9 Å². The van der Waals surface area contributed by atoms with E-state index in [-0.39, 0.29) is 0 Å². The molecule has 0 amide bonds. The molecule has 0 N–H and O–H groups in total. The third-order valence-corrected chi connectivity index (χ3v) is 4.96. The molecule has 1 aromatic heterocycles. The molecule has 3 heteroatoms. The van der Waals surface area contributed by atoms with Gasteiger partial charge in [-0.2, -0.15) is 0 Å². The molecular formula is C20H24N2S. The molecule has 0 saturated carbocycles. The molecule has 0 saturated heterocycles. The molecule has 0 fully saturated rings. The summed E-state index contributed by atoms with van der Waals surface area (Å²) in [5.74, 6) is 0. The van der Waals surface area contributed by atoms with Gasteiger partial charge in [-0.25, -0.2) is 0 Å². The number of nitrogens with zero attached hydrogens (tertiary/aromatic N) is 2. The first-order valence-corrected chi connectivity index (χ1v) is 8.96. The Morgan fingerprint density at radius 2 is 1.65 bits per heavy atom. The Labute approximate surface area is 143 Å². The predicted molar refractivity (Wildman–Crippen MR) is 101 cm³/mol. The molecule has 120 valence electrons. The largest absolute Gasteiger partial charge is 0.308 e. The molecule has 0 aliphatic rings. The lowest BCUT2D eigenvalue weighted by Crippen LogP contribution is -2.30. The fourth-order valence-electron chi connectivity index (χ4n) is 2.85. The molecule has 1 heterocycles. The van der Waals surface area contributed by atoms with E-state index in [4.69, 9.17) is 0 Å². The summed E-state index contributed by atoms with van der Waals surface area (Å²) in [6.45, 7) is 4.17. The van der Waals surface area contributed by atoms with E-state index >= 15 is 0 Å². The fourth-order valence-corrected chi connectivity index (χ4v) is 3.60. The molecule has 3 aromatic rings. The Hall–Kier alpha value is -1.68. The van der Waals surface area contributed by atoms with Gasteiger partial charge in [0.05, 0.1) is 0 Å². The van der Waals surface area contributed by atoms with E-state index in [1.165, 1.54) is 21.2 Å². The molecule has 0 aliphatic heterocycles. The Kier molecular flexibility index (Phi) is 5.44. The number of rotatable bonds is 7. The van der Waals surface area contributed by atoms with Crippen molar-refractivity contribution in [2.24, 2.45) is 0 Å². The smallest absolute Gasteiger partial charge is 0.0332 e. The molecule has 2 aromatic carbocycles. The van der Waals surface area contributed by atoms with Crippen molar-refractivity contribution in [3.05, 3.63) is 70.4 Å². The van der Waals surface area contributed by atoms with Gasteiger partial charge in [-0.3, -0.25) is 4.90 Å². The van der Waals surface area contributed by atoms with Crippen LogP contribution in [0.25, 0.3) is 10.8 Å². The standard InChI is InChI=1S/C20H24N2S/c1-21(2)12-13-22(16-19-10-6-14-23-19)15-18-9-5-8-17-7-3-4-11-20(17)18/h3-11,14H,12-13,15-16H2,1-2H3. The monoisotopic (exact) mass is 324 g/mol. The lowest BCUT2D eigenvalue weighted by Gasteiger charge is -2.24. The first-order chi connectivity index (χ1) is 11.2. The van der Waals surface area contributed by atoms with E-state index in [0.29, 0.717) is 0 Å². The van der Waals surface area contributed by atoms with Gasteiger partial charge in [-0.1, -0.05) is 48.5 Å². The van der Waals surface area contributed by atoms with Gasteiger partial charge in [-0.05, 0) is 41.9 Å². The zero-order chi connectivity index (χ0) is 16.1. The molecule has 23 heavy (non-hydrogen) atoms. The SMILES string of the molecule is CN(C)CCN(Cc1cccs1)Cc1cccc2ccccc12. The van der Waals surface area contributed by atoms with E-state index < -0.39 is 0 Å². The molecule has 0 radical (unpaired) electrons. The van der Waals surface area contributed by atoms with Crippen LogP contribution in [0.5, 0.6) is 0 Å². The predicted octanol–water partition coefficient (Wildman–Crippen LogP) is 4.47. The van der Waals surface area contributed by atoms with Crippen molar-refractivity contribution < 1.29 is 0 Å². The number of hydrogen-bond acceptors (Lipinski definition) is 3. The summed E-state index contributed by atoms with van der Waals surface area (Å²) >= 11 is 1.84. The number of likely N-dealkylation sites (N-methyl/N-ethyl adjacent to an activating group) is 1. The summed E-state index contributed by atoms with van der Waals surface area (Å²) < 4.78 is 0. The Bertz CT molecular complexity index is 729. The third-order valence-electron chi connectivity index (χ3n) is 4.10. The van der Waals surface area contributed by atoms with E-state index in [9.17, 15) is 0 Å². The van der Waals surface area contributed by atoms with Gasteiger partial charge in [0.15, 0.2) is 0 Å². The van der Waals surface area contributed by atoms with Gasteiger partial charge in [-0.15, -0.1) is 11.3 Å². The highest BCUT2D eigenvalue weighted by molar-refractivity contribution is 7.09. The highest BCUT2D eigenvalue weighted by Gasteiger charge is 2.10. The molecule has 2 nitrogen and oxygen atoms in total. The van der Waals surface area contributed by atoms with Crippen LogP contribution >= 0.6 is 11.3 Å². The van der Waals surface area contributed by atoms with Crippen LogP contribution in [0, 0.1) is 0 Å². The second-order valence-electron chi connectivity index (χ2n) is 6.23. The number of fused-ring (bicyclic) bond motifs is 1. The van der Waals surface area contributed by atoms with E-state index in [0.717, 1.165) is 26.2 Å². The maximum Gasteiger partial charge on any atom is 0.0332 e. The van der Waals surface area contributed by atoms with Crippen LogP contribution < -0.4 is 0 Å². The van der Waals surface area contributed by atoms with Crippen molar-refractivity contribution in [3.8, 4) is 0 Å². The van der Waals surface area contributed by atoms with Crippen LogP contribution in [0.1, 0.15) is 10.4 Å². The van der Waals surface area contributed by atoms with Gasteiger partial charge in [0, 0.05) is 31.1 Å². The van der Waals surface area contributed by atoms with Gasteiger partial charge in [0.2, 0.25) is 0 Å². The first-order valence-electron chi connectivity index (χ1n) is 8.08. The van der Waals surface area contributed by atoms with Crippen molar-refractivity contribution in [2.75, 3.05) is 27.2 Å². The van der Waals surface area contributed by atoms with E-state index in [1.54, 1.807) is 0 Å². The Morgan fingerprint density at radius 3 is 2.43 bits per heavy atom. The normalized spacial score (nSPS) is 11.7. The average molecular weight is 324 g/mol. The Morgan fingerprint density at radius 1 is 0.826 bits per heavy atom. The number of thiophene rings is 1. The summed E-state index contributed by atoms with van der Waals surface area (Å²) in [6.07, 6.45) is 0. The second-order valence-corrected chi connectivity index (χ2v) is 7.26. The summed E-state index contributed by atoms with van der Waals surface area (Å²) in [4.78, 5) is 6.24. The topological polar surface area (TPSA) is 6.48 Å². The van der Waals surface area contributed by atoms with E-state index in [1.807, 2.05) is 11.3 Å². The van der Waals surface area contributed by atoms with Gasteiger partial charge >= 0.3 is 0 Å². The second kappa shape index (κ2) is 7.73. The van der Waals surface area contributed by atoms with Crippen LogP contribution in [0.15, 0.2) is 60.0 Å². The maximum atomic E-state index is 2.55. The van der Waals surface area contributed by atoms with Crippen molar-refractivity contribution in [3.63, 3.8) is 0 Å². The van der Waals surface area contributed by atoms with Crippen LogP contribution in [-0.4, -0.2) is 37.0 Å². The lowest BCUT2D eigenvalue weighted by molar-refractivity contribution is 0.228. The maximum absolute atomic E-state index is 2.55. The molecule has 0 unspecified atom stereocenters. The zero-order valence-electron chi connectivity index (χ0n) is 13.9. The van der Waals surface area contributed by atoms with Crippen molar-refractivity contribution in [1.29, 1.82) is 0 Å². The number of benzene rings is 2. The fraction of sp³-hybridized carbons (Fsp3) is 0.300. The first kappa shape index (κ1) is 16.2. The summed E-state index contributed by atoms with van der Waals surface area (Å²) in [6, 6.07) is 19.7.